The summed E-state index contributed by atoms with van der Waals surface area (Å²) in [7, 11) is 0.0595. The van der Waals surface area contributed by atoms with E-state index in [1.54, 1.807) is 24.2 Å². The monoisotopic (exact) mass is 384 g/mol. The normalized spacial score (nSPS) is 24.6. The standard InChI is InChI=1S/C24H35FNSi/c1-2-27-15-13-20(14-16-27)6-4-3-5-19-7-9-21(10-8-19)22-11-12-23(18-26)24(25)17-22/h11-12,17,19-21H,2-10,13-16H2,1H3. The Kier molecular flexibility index (Phi) is 7.94. The van der Waals surface area contributed by atoms with Crippen molar-refractivity contribution in [2.24, 2.45) is 11.8 Å². The highest BCUT2D eigenvalue weighted by Gasteiger charge is 2.24. The Morgan fingerprint density at radius 1 is 1.00 bits per heavy atom. The van der Waals surface area contributed by atoms with Crippen molar-refractivity contribution in [3.05, 3.63) is 35.1 Å². The third kappa shape index (κ3) is 5.91. The van der Waals surface area contributed by atoms with E-state index < -0.39 is 0 Å². The van der Waals surface area contributed by atoms with Gasteiger partial charge in [-0.15, -0.1) is 0 Å². The molecule has 0 aromatic heterocycles. The van der Waals surface area contributed by atoms with Gasteiger partial charge >= 0.3 is 0 Å². The maximum Gasteiger partial charge on any atom is 0.141 e. The van der Waals surface area contributed by atoms with E-state index in [1.807, 2.05) is 12.1 Å². The van der Waals surface area contributed by atoms with Crippen molar-refractivity contribution in [3.8, 4) is 6.07 Å². The quantitative estimate of drug-likeness (QED) is 0.353. The Morgan fingerprint density at radius 3 is 2.19 bits per heavy atom. The fourth-order valence-corrected chi connectivity index (χ4v) is 7.84. The molecule has 3 rings (SSSR count). The average Bonchev–Trinajstić information content (AvgIpc) is 2.72. The minimum atomic E-state index is -0.355. The molecule has 0 N–H and O–H groups in total. The van der Waals surface area contributed by atoms with E-state index in [4.69, 9.17) is 5.26 Å². The summed E-state index contributed by atoms with van der Waals surface area (Å²) in [5, 5.41) is 8.87. The van der Waals surface area contributed by atoms with Crippen LogP contribution in [-0.4, -0.2) is 8.80 Å². The van der Waals surface area contributed by atoms with E-state index >= 15 is 0 Å². The summed E-state index contributed by atoms with van der Waals surface area (Å²) in [5.74, 6) is 2.05. The van der Waals surface area contributed by atoms with Crippen molar-refractivity contribution in [2.75, 3.05) is 0 Å². The Bertz CT molecular complexity index is 622. The predicted octanol–water partition coefficient (Wildman–Crippen LogP) is 7.46. The van der Waals surface area contributed by atoms with Gasteiger partial charge in [-0.05, 0) is 61.1 Å². The summed E-state index contributed by atoms with van der Waals surface area (Å²) >= 11 is 0. The van der Waals surface area contributed by atoms with E-state index in [-0.39, 0.29) is 20.2 Å². The molecule has 147 valence electrons. The second kappa shape index (κ2) is 10.4. The van der Waals surface area contributed by atoms with Gasteiger partial charge in [-0.1, -0.05) is 69.6 Å². The van der Waals surface area contributed by atoms with E-state index in [0.717, 1.165) is 17.4 Å². The van der Waals surface area contributed by atoms with Crippen molar-refractivity contribution >= 4 is 8.80 Å². The van der Waals surface area contributed by atoms with E-state index in [9.17, 15) is 4.39 Å². The van der Waals surface area contributed by atoms with E-state index in [0.29, 0.717) is 5.92 Å². The molecule has 0 spiro atoms. The number of hydrogen-bond donors (Lipinski definition) is 0. The summed E-state index contributed by atoms with van der Waals surface area (Å²) < 4.78 is 13.9. The molecule has 1 aliphatic carbocycles. The first-order valence-corrected chi connectivity index (χ1v) is 13.3. The highest BCUT2D eigenvalue weighted by molar-refractivity contribution is 6.58. The molecule has 0 bridgehead atoms. The second-order valence-corrected chi connectivity index (χ2v) is 12.1. The van der Waals surface area contributed by atoms with Crippen LogP contribution in [0.5, 0.6) is 0 Å². The van der Waals surface area contributed by atoms with Gasteiger partial charge in [0.15, 0.2) is 0 Å². The molecule has 3 heteroatoms. The molecule has 1 saturated carbocycles. The van der Waals surface area contributed by atoms with Crippen LogP contribution < -0.4 is 0 Å². The molecular formula is C24H35FNSi. The first kappa shape index (κ1) is 20.6. The molecule has 1 aliphatic heterocycles. The molecule has 0 atom stereocenters. The summed E-state index contributed by atoms with van der Waals surface area (Å²) in [6.45, 7) is 2.39. The minimum Gasteiger partial charge on any atom is -0.206 e. The van der Waals surface area contributed by atoms with Gasteiger partial charge in [0, 0.05) is 8.80 Å². The third-order valence-corrected chi connectivity index (χ3v) is 10.2. The lowest BCUT2D eigenvalue weighted by molar-refractivity contribution is 0.297. The Balaban J connectivity index is 1.32. The second-order valence-electron chi connectivity index (χ2n) is 8.90. The zero-order valence-corrected chi connectivity index (χ0v) is 18.0. The minimum absolute atomic E-state index is 0.0595. The third-order valence-electron chi connectivity index (χ3n) is 7.22. The summed E-state index contributed by atoms with van der Waals surface area (Å²) in [4.78, 5) is 0. The maximum atomic E-state index is 13.9. The highest BCUT2D eigenvalue weighted by Crippen LogP contribution is 2.38. The average molecular weight is 385 g/mol. The van der Waals surface area contributed by atoms with Crippen LogP contribution in [0.15, 0.2) is 18.2 Å². The molecule has 1 saturated heterocycles. The number of halogens is 1. The molecule has 0 amide bonds. The summed E-state index contributed by atoms with van der Waals surface area (Å²) in [6.07, 6.45) is 13.7. The lowest BCUT2D eigenvalue weighted by atomic mass is 9.77. The number of nitriles is 1. The van der Waals surface area contributed by atoms with Gasteiger partial charge in [-0.2, -0.15) is 5.26 Å². The largest absolute Gasteiger partial charge is 0.206 e. The number of benzene rings is 1. The molecule has 1 aromatic carbocycles. The van der Waals surface area contributed by atoms with Crippen LogP contribution in [0.25, 0.3) is 0 Å². The topological polar surface area (TPSA) is 23.8 Å². The molecule has 27 heavy (non-hydrogen) atoms. The molecule has 0 unspecified atom stereocenters. The molecule has 1 aromatic rings. The summed E-state index contributed by atoms with van der Waals surface area (Å²) in [6, 6.07) is 11.7. The first-order chi connectivity index (χ1) is 13.2. The van der Waals surface area contributed by atoms with Gasteiger partial charge < -0.3 is 0 Å². The van der Waals surface area contributed by atoms with Crippen molar-refractivity contribution in [1.29, 1.82) is 5.26 Å². The van der Waals surface area contributed by atoms with Crippen LogP contribution in [-0.2, 0) is 0 Å². The summed E-state index contributed by atoms with van der Waals surface area (Å²) in [5.41, 5.74) is 1.26. The SMILES string of the molecule is CC[Si]1CCC(CCCCC2CCC(c3ccc(C#N)c(F)c3)CC2)CC1. The van der Waals surface area contributed by atoms with Crippen LogP contribution in [0.2, 0.25) is 18.1 Å². The Morgan fingerprint density at radius 2 is 1.63 bits per heavy atom. The van der Waals surface area contributed by atoms with E-state index in [1.165, 1.54) is 70.3 Å². The number of hydrogen-bond acceptors (Lipinski definition) is 1. The van der Waals surface area contributed by atoms with Crippen molar-refractivity contribution in [1.82, 2.24) is 0 Å². The van der Waals surface area contributed by atoms with Gasteiger partial charge in [0.25, 0.3) is 0 Å². The van der Waals surface area contributed by atoms with Crippen molar-refractivity contribution in [2.45, 2.75) is 95.2 Å². The van der Waals surface area contributed by atoms with Crippen LogP contribution in [0.3, 0.4) is 0 Å². The van der Waals surface area contributed by atoms with Crippen LogP contribution in [0.4, 0.5) is 4.39 Å². The van der Waals surface area contributed by atoms with Gasteiger partial charge in [0.05, 0.1) is 5.56 Å². The highest BCUT2D eigenvalue weighted by atomic mass is 28.3. The van der Waals surface area contributed by atoms with E-state index in [2.05, 4.69) is 6.92 Å². The molecule has 2 fully saturated rings. The zero-order valence-electron chi connectivity index (χ0n) is 17.0. The first-order valence-electron chi connectivity index (χ1n) is 11.2. The van der Waals surface area contributed by atoms with Crippen molar-refractivity contribution < 1.29 is 4.39 Å². The zero-order chi connectivity index (χ0) is 19.1. The number of nitrogens with zero attached hydrogens (tertiary/aromatic N) is 1. The fourth-order valence-electron chi connectivity index (χ4n) is 5.25. The number of unbranched alkanes of at least 4 members (excludes halogenated alkanes) is 1. The van der Waals surface area contributed by atoms with Crippen LogP contribution in [0.1, 0.15) is 88.2 Å². The Hall–Kier alpha value is -1.14. The van der Waals surface area contributed by atoms with Gasteiger partial charge in [0.1, 0.15) is 11.9 Å². The number of rotatable bonds is 7. The smallest absolute Gasteiger partial charge is 0.141 e. The van der Waals surface area contributed by atoms with Gasteiger partial charge in [0.2, 0.25) is 0 Å². The van der Waals surface area contributed by atoms with Crippen LogP contribution >= 0.6 is 0 Å². The lowest BCUT2D eigenvalue weighted by Gasteiger charge is -2.29. The van der Waals surface area contributed by atoms with Crippen LogP contribution in [0, 0.1) is 29.0 Å². The molecule has 1 radical (unpaired) electrons. The molecule has 2 aliphatic rings. The van der Waals surface area contributed by atoms with Crippen molar-refractivity contribution in [3.63, 3.8) is 0 Å². The molecule has 1 nitrogen and oxygen atoms in total. The Labute approximate surface area is 167 Å². The fraction of sp³-hybridized carbons (Fsp3) is 0.708. The lowest BCUT2D eigenvalue weighted by Crippen LogP contribution is -2.20. The van der Waals surface area contributed by atoms with Gasteiger partial charge in [-0.3, -0.25) is 0 Å². The van der Waals surface area contributed by atoms with Gasteiger partial charge in [-0.25, -0.2) is 4.39 Å². The molecule has 1 heterocycles. The molecular weight excluding hydrogens is 349 g/mol. The maximum absolute atomic E-state index is 13.9. The predicted molar refractivity (Wildman–Crippen MR) is 113 cm³/mol.